The fraction of sp³-hybridized carbons (Fsp3) is 0.625. The van der Waals surface area contributed by atoms with E-state index in [2.05, 4.69) is 9.88 Å². The Balaban J connectivity index is 2.11. The van der Waals surface area contributed by atoms with E-state index in [1.165, 1.54) is 25.7 Å². The maximum absolute atomic E-state index is 12.1. The number of rotatable bonds is 5. The summed E-state index contributed by atoms with van der Waals surface area (Å²) in [5.74, 6) is 1.15. The second kappa shape index (κ2) is 6.73. The lowest BCUT2D eigenvalue weighted by Crippen LogP contribution is -2.27. The zero-order valence-corrected chi connectivity index (χ0v) is 12.6. The third-order valence-corrected chi connectivity index (χ3v) is 3.72. The van der Waals surface area contributed by atoms with Gasteiger partial charge in [0.25, 0.3) is 0 Å². The summed E-state index contributed by atoms with van der Waals surface area (Å²) in [7, 11) is 2.01. The van der Waals surface area contributed by atoms with E-state index in [9.17, 15) is 4.79 Å². The molecule has 0 aliphatic heterocycles. The third kappa shape index (κ3) is 3.71. The Labute approximate surface area is 121 Å². The standard InChI is InChI=1S/C16H24N2O2/c1-12(2)20-16(19)14-9-6-10-17-15(14)18(3)11-13-7-4-5-8-13/h6,9-10,12-13H,4-5,7-8,11H2,1-3H3. The Bertz CT molecular complexity index is 454. The molecule has 0 unspecified atom stereocenters. The van der Waals surface area contributed by atoms with Gasteiger partial charge in [-0.2, -0.15) is 0 Å². The number of hydrogen-bond acceptors (Lipinski definition) is 4. The molecule has 1 aliphatic rings. The Hall–Kier alpha value is -1.58. The van der Waals surface area contributed by atoms with Gasteiger partial charge < -0.3 is 9.64 Å². The monoisotopic (exact) mass is 276 g/mol. The lowest BCUT2D eigenvalue weighted by molar-refractivity contribution is 0.0378. The van der Waals surface area contributed by atoms with Crippen LogP contribution in [-0.4, -0.2) is 30.6 Å². The SMILES string of the molecule is CC(C)OC(=O)c1cccnc1N(C)CC1CCCC1. The Morgan fingerprint density at radius 2 is 2.15 bits per heavy atom. The molecule has 0 aromatic carbocycles. The van der Waals surface area contributed by atoms with Crippen molar-refractivity contribution >= 4 is 11.8 Å². The van der Waals surface area contributed by atoms with Crippen LogP contribution in [0.25, 0.3) is 0 Å². The van der Waals surface area contributed by atoms with Crippen LogP contribution < -0.4 is 4.90 Å². The van der Waals surface area contributed by atoms with E-state index in [0.29, 0.717) is 5.56 Å². The number of anilines is 1. The lowest BCUT2D eigenvalue weighted by Gasteiger charge is -2.24. The molecule has 0 N–H and O–H groups in total. The third-order valence-electron chi connectivity index (χ3n) is 3.72. The molecule has 0 amide bonds. The molecule has 1 heterocycles. The van der Waals surface area contributed by atoms with Gasteiger partial charge in [-0.05, 0) is 44.7 Å². The highest BCUT2D eigenvalue weighted by Crippen LogP contribution is 2.27. The molecule has 0 saturated heterocycles. The molecule has 4 nitrogen and oxygen atoms in total. The lowest BCUT2D eigenvalue weighted by atomic mass is 10.1. The summed E-state index contributed by atoms with van der Waals surface area (Å²) in [6, 6.07) is 3.57. The van der Waals surface area contributed by atoms with Crippen LogP contribution in [0.15, 0.2) is 18.3 Å². The van der Waals surface area contributed by atoms with Crippen molar-refractivity contribution in [3.05, 3.63) is 23.9 Å². The number of hydrogen-bond donors (Lipinski definition) is 0. The van der Waals surface area contributed by atoms with Gasteiger partial charge >= 0.3 is 5.97 Å². The van der Waals surface area contributed by atoms with E-state index in [-0.39, 0.29) is 12.1 Å². The summed E-state index contributed by atoms with van der Waals surface area (Å²) in [6.45, 7) is 4.67. The van der Waals surface area contributed by atoms with Crippen molar-refractivity contribution in [2.24, 2.45) is 5.92 Å². The summed E-state index contributed by atoms with van der Waals surface area (Å²) in [4.78, 5) is 18.6. The average Bonchev–Trinajstić information content (AvgIpc) is 2.90. The van der Waals surface area contributed by atoms with Gasteiger partial charge in [0.15, 0.2) is 0 Å². The number of pyridine rings is 1. The molecule has 0 radical (unpaired) electrons. The van der Waals surface area contributed by atoms with Crippen molar-refractivity contribution in [2.75, 3.05) is 18.5 Å². The maximum Gasteiger partial charge on any atom is 0.342 e. The molecule has 0 bridgehead atoms. The van der Waals surface area contributed by atoms with Crippen LogP contribution in [-0.2, 0) is 4.74 Å². The zero-order chi connectivity index (χ0) is 14.5. The first-order valence-electron chi connectivity index (χ1n) is 7.45. The minimum atomic E-state index is -0.290. The number of esters is 1. The van der Waals surface area contributed by atoms with Crippen molar-refractivity contribution < 1.29 is 9.53 Å². The molecule has 4 heteroatoms. The van der Waals surface area contributed by atoms with Crippen molar-refractivity contribution in [3.8, 4) is 0 Å². The van der Waals surface area contributed by atoms with Gasteiger partial charge in [0.1, 0.15) is 11.4 Å². The molecule has 0 spiro atoms. The highest BCUT2D eigenvalue weighted by Gasteiger charge is 2.21. The van der Waals surface area contributed by atoms with Crippen LogP contribution in [0.4, 0.5) is 5.82 Å². The predicted octanol–water partition coefficient (Wildman–Crippen LogP) is 3.27. The Kier molecular flexibility index (Phi) is 4.99. The average molecular weight is 276 g/mol. The number of nitrogens with zero attached hydrogens (tertiary/aromatic N) is 2. The number of aromatic nitrogens is 1. The van der Waals surface area contributed by atoms with E-state index < -0.39 is 0 Å². The highest BCUT2D eigenvalue weighted by molar-refractivity contribution is 5.94. The van der Waals surface area contributed by atoms with E-state index in [0.717, 1.165) is 18.3 Å². The minimum absolute atomic E-state index is 0.115. The van der Waals surface area contributed by atoms with Gasteiger partial charge in [0.05, 0.1) is 6.10 Å². The fourth-order valence-corrected chi connectivity index (χ4v) is 2.80. The zero-order valence-electron chi connectivity index (χ0n) is 12.6. The summed E-state index contributed by atoms with van der Waals surface area (Å²) >= 11 is 0. The molecule has 2 rings (SSSR count). The van der Waals surface area contributed by atoms with Crippen LogP contribution in [0, 0.1) is 5.92 Å². The summed E-state index contributed by atoms with van der Waals surface area (Å²) in [5.41, 5.74) is 0.557. The van der Waals surface area contributed by atoms with Crippen LogP contribution in [0.5, 0.6) is 0 Å². The normalized spacial score (nSPS) is 15.6. The van der Waals surface area contributed by atoms with Crippen molar-refractivity contribution in [1.29, 1.82) is 0 Å². The maximum atomic E-state index is 12.1. The molecule has 1 aromatic heterocycles. The second-order valence-electron chi connectivity index (χ2n) is 5.86. The summed E-state index contributed by atoms with van der Waals surface area (Å²) < 4.78 is 5.29. The van der Waals surface area contributed by atoms with E-state index in [4.69, 9.17) is 4.74 Å². The largest absolute Gasteiger partial charge is 0.459 e. The van der Waals surface area contributed by atoms with Crippen LogP contribution >= 0.6 is 0 Å². The number of carbonyl (C=O) groups excluding carboxylic acids is 1. The van der Waals surface area contributed by atoms with Crippen molar-refractivity contribution in [3.63, 3.8) is 0 Å². The quantitative estimate of drug-likeness (QED) is 0.774. The van der Waals surface area contributed by atoms with Gasteiger partial charge in [-0.25, -0.2) is 9.78 Å². The van der Waals surface area contributed by atoms with E-state index in [1.807, 2.05) is 20.9 Å². The number of carbonyl (C=O) groups is 1. The smallest absolute Gasteiger partial charge is 0.342 e. The molecule has 110 valence electrons. The molecular weight excluding hydrogens is 252 g/mol. The van der Waals surface area contributed by atoms with Crippen molar-refractivity contribution in [2.45, 2.75) is 45.6 Å². The molecule has 1 fully saturated rings. The van der Waals surface area contributed by atoms with Crippen molar-refractivity contribution in [1.82, 2.24) is 4.98 Å². The minimum Gasteiger partial charge on any atom is -0.459 e. The first kappa shape index (κ1) is 14.8. The molecule has 0 atom stereocenters. The first-order valence-corrected chi connectivity index (χ1v) is 7.45. The van der Waals surface area contributed by atoms with Crippen LogP contribution in [0.1, 0.15) is 49.9 Å². The van der Waals surface area contributed by atoms with Crippen LogP contribution in [0.2, 0.25) is 0 Å². The second-order valence-corrected chi connectivity index (χ2v) is 5.86. The van der Waals surface area contributed by atoms with Gasteiger partial charge in [0, 0.05) is 19.8 Å². The van der Waals surface area contributed by atoms with Gasteiger partial charge in [0.2, 0.25) is 0 Å². The first-order chi connectivity index (χ1) is 9.58. The molecule has 20 heavy (non-hydrogen) atoms. The van der Waals surface area contributed by atoms with Gasteiger partial charge in [-0.15, -0.1) is 0 Å². The predicted molar refractivity (Wildman–Crippen MR) is 80.0 cm³/mol. The summed E-state index contributed by atoms with van der Waals surface area (Å²) in [5, 5.41) is 0. The fourth-order valence-electron chi connectivity index (χ4n) is 2.80. The Morgan fingerprint density at radius 3 is 2.80 bits per heavy atom. The number of ether oxygens (including phenoxy) is 1. The van der Waals surface area contributed by atoms with Crippen LogP contribution in [0.3, 0.4) is 0 Å². The molecule has 1 aromatic rings. The molecule has 1 aliphatic carbocycles. The van der Waals surface area contributed by atoms with Gasteiger partial charge in [-0.3, -0.25) is 0 Å². The van der Waals surface area contributed by atoms with Gasteiger partial charge in [-0.1, -0.05) is 12.8 Å². The molecule has 1 saturated carbocycles. The Morgan fingerprint density at radius 1 is 1.45 bits per heavy atom. The molecular formula is C16H24N2O2. The highest BCUT2D eigenvalue weighted by atomic mass is 16.5. The topological polar surface area (TPSA) is 42.4 Å². The van der Waals surface area contributed by atoms with E-state index in [1.54, 1.807) is 18.3 Å². The summed E-state index contributed by atoms with van der Waals surface area (Å²) in [6.07, 6.45) is 6.82. The van der Waals surface area contributed by atoms with E-state index >= 15 is 0 Å².